The average Bonchev–Trinajstić information content (AvgIpc) is 3.11. The predicted octanol–water partition coefficient (Wildman–Crippen LogP) is 5.36. The third kappa shape index (κ3) is 6.05. The molecule has 3 rings (SSSR count). The van der Waals surface area contributed by atoms with E-state index in [0.717, 1.165) is 16.3 Å². The number of sulfonamides is 1. The summed E-state index contributed by atoms with van der Waals surface area (Å²) in [6.07, 6.45) is 0.934. The Morgan fingerprint density at radius 2 is 1.68 bits per heavy atom. The molecule has 3 aromatic rings. The van der Waals surface area contributed by atoms with E-state index in [4.69, 9.17) is 14.0 Å². The van der Waals surface area contributed by atoms with Crippen LogP contribution in [0.15, 0.2) is 57.9 Å². The molecule has 0 saturated carbocycles. The van der Waals surface area contributed by atoms with Gasteiger partial charge in [-0.2, -0.15) is 0 Å². The van der Waals surface area contributed by atoms with Gasteiger partial charge in [-0.1, -0.05) is 68.4 Å². The first-order chi connectivity index (χ1) is 16.0. The SMILES string of the molecule is COCCOCN(c1onc(C)c1C)S(=O)(=O)c1ccccc1-c1ccc(CC(C)(C)C)cc1. The minimum atomic E-state index is -4.03. The molecule has 1 aromatic heterocycles. The topological polar surface area (TPSA) is 81.9 Å². The summed E-state index contributed by atoms with van der Waals surface area (Å²) in [6.45, 7) is 10.5. The molecule has 0 radical (unpaired) electrons. The van der Waals surface area contributed by atoms with E-state index in [-0.39, 0.29) is 29.5 Å². The summed E-state index contributed by atoms with van der Waals surface area (Å²) in [6, 6.07) is 15.0. The predicted molar refractivity (Wildman–Crippen MR) is 133 cm³/mol. The minimum Gasteiger partial charge on any atom is -0.382 e. The Kier molecular flexibility index (Phi) is 8.17. The smallest absolute Gasteiger partial charge is 0.269 e. The van der Waals surface area contributed by atoms with Gasteiger partial charge < -0.3 is 14.0 Å². The highest BCUT2D eigenvalue weighted by Gasteiger charge is 2.32. The van der Waals surface area contributed by atoms with Gasteiger partial charge in [-0.05, 0) is 42.9 Å². The van der Waals surface area contributed by atoms with Crippen LogP contribution in [0.25, 0.3) is 11.1 Å². The Labute approximate surface area is 202 Å². The van der Waals surface area contributed by atoms with Crippen molar-refractivity contribution in [1.29, 1.82) is 0 Å². The molecular formula is C26H34N2O5S. The monoisotopic (exact) mass is 486 g/mol. The zero-order valence-electron chi connectivity index (χ0n) is 20.8. The minimum absolute atomic E-state index is 0.144. The van der Waals surface area contributed by atoms with Gasteiger partial charge >= 0.3 is 0 Å². The van der Waals surface area contributed by atoms with Crippen molar-refractivity contribution >= 4 is 15.9 Å². The lowest BCUT2D eigenvalue weighted by Crippen LogP contribution is -2.34. The lowest BCUT2D eigenvalue weighted by Gasteiger charge is -2.23. The van der Waals surface area contributed by atoms with Crippen molar-refractivity contribution in [2.24, 2.45) is 5.41 Å². The molecule has 8 heteroatoms. The zero-order valence-corrected chi connectivity index (χ0v) is 21.6. The normalized spacial score (nSPS) is 12.2. The number of hydrogen-bond acceptors (Lipinski definition) is 6. The van der Waals surface area contributed by atoms with Crippen LogP contribution < -0.4 is 4.31 Å². The van der Waals surface area contributed by atoms with Crippen molar-refractivity contribution in [2.75, 3.05) is 31.4 Å². The number of aromatic nitrogens is 1. The number of ether oxygens (including phenoxy) is 2. The third-order valence-corrected chi connectivity index (χ3v) is 7.22. The molecular weight excluding hydrogens is 452 g/mol. The molecule has 0 aliphatic rings. The Hall–Kier alpha value is -2.68. The summed E-state index contributed by atoms with van der Waals surface area (Å²) >= 11 is 0. The summed E-state index contributed by atoms with van der Waals surface area (Å²) in [5, 5.41) is 3.95. The lowest BCUT2D eigenvalue weighted by atomic mass is 9.87. The largest absolute Gasteiger partial charge is 0.382 e. The second-order valence-corrected chi connectivity index (χ2v) is 11.3. The van der Waals surface area contributed by atoms with Crippen LogP contribution in [0.5, 0.6) is 0 Å². The first kappa shape index (κ1) is 25.9. The maximum atomic E-state index is 13.9. The van der Waals surface area contributed by atoms with Crippen molar-refractivity contribution in [1.82, 2.24) is 5.16 Å². The molecule has 0 aliphatic carbocycles. The number of rotatable bonds is 10. The van der Waals surface area contributed by atoms with Gasteiger partial charge in [-0.25, -0.2) is 12.7 Å². The zero-order chi connectivity index (χ0) is 24.9. The van der Waals surface area contributed by atoms with Crippen LogP contribution in [0.2, 0.25) is 0 Å². The quantitative estimate of drug-likeness (QED) is 0.283. The van der Waals surface area contributed by atoms with Crippen molar-refractivity contribution < 1.29 is 22.4 Å². The van der Waals surface area contributed by atoms with Crippen LogP contribution in [0, 0.1) is 19.3 Å². The van der Waals surface area contributed by atoms with E-state index in [0.29, 0.717) is 23.4 Å². The second-order valence-electron chi connectivity index (χ2n) is 9.51. The molecule has 0 fully saturated rings. The number of nitrogens with zero attached hydrogens (tertiary/aromatic N) is 2. The van der Waals surface area contributed by atoms with Gasteiger partial charge in [0.2, 0.25) is 5.88 Å². The number of benzene rings is 2. The van der Waals surface area contributed by atoms with Crippen molar-refractivity contribution in [3.63, 3.8) is 0 Å². The van der Waals surface area contributed by atoms with Gasteiger partial charge in [0.25, 0.3) is 10.0 Å². The standard InChI is InChI=1S/C26H34N2O5S/c1-19-20(2)27-33-25(19)28(18-32-16-15-31-6)34(29,30)24-10-8-7-9-23(24)22-13-11-21(12-14-22)17-26(3,4)5/h7-14H,15-18H2,1-6H3. The summed E-state index contributed by atoms with van der Waals surface area (Å²) in [5.41, 5.74) is 4.07. The van der Waals surface area contributed by atoms with Crippen molar-refractivity contribution in [3.05, 3.63) is 65.4 Å². The maximum Gasteiger partial charge on any atom is 0.269 e. The van der Waals surface area contributed by atoms with E-state index in [2.05, 4.69) is 38.1 Å². The second kappa shape index (κ2) is 10.7. The molecule has 0 atom stereocenters. The van der Waals surface area contributed by atoms with E-state index >= 15 is 0 Å². The maximum absolute atomic E-state index is 13.9. The molecule has 2 aromatic carbocycles. The van der Waals surface area contributed by atoms with Crippen LogP contribution in [-0.4, -0.2) is 40.6 Å². The van der Waals surface area contributed by atoms with E-state index in [1.807, 2.05) is 24.3 Å². The van der Waals surface area contributed by atoms with Crippen molar-refractivity contribution in [3.8, 4) is 11.1 Å². The molecule has 7 nitrogen and oxygen atoms in total. The Balaban J connectivity index is 2.02. The summed E-state index contributed by atoms with van der Waals surface area (Å²) in [4.78, 5) is 0.169. The number of aryl methyl sites for hydroxylation is 1. The molecule has 184 valence electrons. The highest BCUT2D eigenvalue weighted by molar-refractivity contribution is 7.93. The molecule has 0 unspecified atom stereocenters. The summed E-state index contributed by atoms with van der Waals surface area (Å²) in [7, 11) is -2.47. The van der Waals surface area contributed by atoms with Gasteiger partial charge in [0.05, 0.1) is 23.8 Å². The van der Waals surface area contributed by atoms with Gasteiger partial charge in [-0.3, -0.25) is 0 Å². The molecule has 0 N–H and O–H groups in total. The van der Waals surface area contributed by atoms with Gasteiger partial charge in [0.1, 0.15) is 6.73 Å². The van der Waals surface area contributed by atoms with Gasteiger partial charge in [0, 0.05) is 18.2 Å². The summed E-state index contributed by atoms with van der Waals surface area (Å²) < 4.78 is 45.0. The molecule has 0 bridgehead atoms. The van der Waals surface area contributed by atoms with E-state index in [1.54, 1.807) is 33.1 Å². The average molecular weight is 487 g/mol. The van der Waals surface area contributed by atoms with Crippen molar-refractivity contribution in [2.45, 2.75) is 45.9 Å². The highest BCUT2D eigenvalue weighted by atomic mass is 32.2. The van der Waals surface area contributed by atoms with Crippen LogP contribution in [0.3, 0.4) is 0 Å². The Morgan fingerprint density at radius 3 is 2.26 bits per heavy atom. The lowest BCUT2D eigenvalue weighted by molar-refractivity contribution is 0.0744. The fourth-order valence-electron chi connectivity index (χ4n) is 3.63. The summed E-state index contributed by atoms with van der Waals surface area (Å²) in [5.74, 6) is 0.144. The first-order valence-corrected chi connectivity index (χ1v) is 12.7. The molecule has 0 saturated heterocycles. The fraction of sp³-hybridized carbons (Fsp3) is 0.423. The van der Waals surface area contributed by atoms with Crippen LogP contribution in [0.4, 0.5) is 5.88 Å². The Morgan fingerprint density at radius 1 is 1.00 bits per heavy atom. The van der Waals surface area contributed by atoms with Gasteiger partial charge in [0.15, 0.2) is 0 Å². The molecule has 0 spiro atoms. The number of methoxy groups -OCH3 is 1. The molecule has 0 amide bonds. The number of hydrogen-bond donors (Lipinski definition) is 0. The van der Waals surface area contributed by atoms with Crippen LogP contribution in [-0.2, 0) is 25.9 Å². The molecule has 0 aliphatic heterocycles. The van der Waals surface area contributed by atoms with Crippen LogP contribution in [0.1, 0.15) is 37.6 Å². The Bertz CT molecular complexity index is 1190. The van der Waals surface area contributed by atoms with Crippen LogP contribution >= 0.6 is 0 Å². The number of anilines is 1. The van der Waals surface area contributed by atoms with E-state index in [9.17, 15) is 8.42 Å². The fourth-order valence-corrected chi connectivity index (χ4v) is 5.18. The highest BCUT2D eigenvalue weighted by Crippen LogP contribution is 2.34. The van der Waals surface area contributed by atoms with E-state index in [1.165, 1.54) is 5.56 Å². The first-order valence-electron chi connectivity index (χ1n) is 11.3. The third-order valence-electron chi connectivity index (χ3n) is 5.45. The molecule has 1 heterocycles. The molecule has 34 heavy (non-hydrogen) atoms. The van der Waals surface area contributed by atoms with Gasteiger partial charge in [-0.15, -0.1) is 0 Å². The van der Waals surface area contributed by atoms with E-state index < -0.39 is 10.0 Å².